The number of carbonyl (C=O) groups is 2. The van der Waals surface area contributed by atoms with Crippen molar-refractivity contribution in [3.05, 3.63) is 47.8 Å². The monoisotopic (exact) mass is 681 g/mol. The van der Waals surface area contributed by atoms with Crippen LogP contribution in [0.5, 0.6) is 0 Å². The minimum absolute atomic E-state index is 0.148. The number of cyclic esters (lactones) is 1. The van der Waals surface area contributed by atoms with Gasteiger partial charge in [-0.3, -0.25) is 14.4 Å². The summed E-state index contributed by atoms with van der Waals surface area (Å²) in [5.74, 6) is -0.00650. The number of hydrogen-bond acceptors (Lipinski definition) is 9. The summed E-state index contributed by atoms with van der Waals surface area (Å²) in [4.78, 5) is 30.6. The van der Waals surface area contributed by atoms with Crippen molar-refractivity contribution < 1.29 is 29.3 Å². The van der Waals surface area contributed by atoms with Gasteiger partial charge in [-0.15, -0.1) is 5.10 Å². The SMILES string of the molecule is C/C(=C\C=C\[C@@H](C)Cn1cc(C2CC2)nn1)[C@H]1OC(=O)C[C@@H](O)CC[C@](C)(O)[C@H](OC(=O)N2CCN(C3CCCCCC3)CC2)/C=C/[C@@H]1C. The Labute approximate surface area is 292 Å². The smallest absolute Gasteiger partial charge is 0.410 e. The van der Waals surface area contributed by atoms with E-state index >= 15 is 0 Å². The molecule has 0 spiro atoms. The van der Waals surface area contributed by atoms with Crippen LogP contribution in [-0.2, 0) is 20.8 Å². The van der Waals surface area contributed by atoms with Crippen LogP contribution in [0.2, 0.25) is 0 Å². The fourth-order valence-corrected chi connectivity index (χ4v) is 7.34. The molecule has 0 radical (unpaired) electrons. The number of allylic oxidation sites excluding steroid dienone is 3. The molecule has 2 N–H and O–H groups in total. The van der Waals surface area contributed by atoms with Crippen LogP contribution in [0.15, 0.2) is 42.2 Å². The predicted molar refractivity (Wildman–Crippen MR) is 188 cm³/mol. The molecular weight excluding hydrogens is 622 g/mol. The molecule has 0 aromatic carbocycles. The number of rotatable bonds is 8. The predicted octanol–water partition coefficient (Wildman–Crippen LogP) is 5.54. The average Bonchev–Trinajstić information content (AvgIpc) is 3.87. The number of hydrogen-bond donors (Lipinski definition) is 2. The van der Waals surface area contributed by atoms with E-state index in [4.69, 9.17) is 9.47 Å². The number of aromatic nitrogens is 3. The quantitative estimate of drug-likeness (QED) is 0.157. The summed E-state index contributed by atoms with van der Waals surface area (Å²) in [6.07, 6.45) is 18.8. The lowest BCUT2D eigenvalue weighted by Crippen LogP contribution is -2.53. The van der Waals surface area contributed by atoms with Crippen LogP contribution in [0.25, 0.3) is 0 Å². The lowest BCUT2D eigenvalue weighted by Gasteiger charge is -2.40. The number of esters is 1. The van der Waals surface area contributed by atoms with Crippen LogP contribution in [0, 0.1) is 11.8 Å². The van der Waals surface area contributed by atoms with Crippen molar-refractivity contribution in [1.82, 2.24) is 24.8 Å². The average molecular weight is 682 g/mol. The highest BCUT2D eigenvalue weighted by Gasteiger charge is 2.37. The van der Waals surface area contributed by atoms with Gasteiger partial charge in [0.2, 0.25) is 0 Å². The second-order valence-electron chi connectivity index (χ2n) is 15.3. The third kappa shape index (κ3) is 11.0. The first kappa shape index (κ1) is 37.2. The van der Waals surface area contributed by atoms with Crippen molar-refractivity contribution >= 4 is 12.1 Å². The highest BCUT2D eigenvalue weighted by atomic mass is 16.6. The molecule has 1 aromatic heterocycles. The van der Waals surface area contributed by atoms with E-state index in [2.05, 4.69) is 28.2 Å². The van der Waals surface area contributed by atoms with Crippen LogP contribution < -0.4 is 0 Å². The van der Waals surface area contributed by atoms with Crippen LogP contribution in [0.3, 0.4) is 0 Å². The first-order chi connectivity index (χ1) is 23.5. The largest absolute Gasteiger partial charge is 0.457 e. The van der Waals surface area contributed by atoms with Gasteiger partial charge < -0.3 is 24.6 Å². The zero-order valence-electron chi connectivity index (χ0n) is 30.1. The molecule has 3 fully saturated rings. The number of carbonyl (C=O) groups excluding carboxylic acids is 2. The molecule has 0 bridgehead atoms. The molecule has 3 heterocycles. The van der Waals surface area contributed by atoms with E-state index in [1.807, 2.05) is 43.0 Å². The van der Waals surface area contributed by atoms with Crippen molar-refractivity contribution in [3.63, 3.8) is 0 Å². The Hall–Kier alpha value is -3.02. The Bertz CT molecular complexity index is 1320. The van der Waals surface area contributed by atoms with E-state index in [1.54, 1.807) is 17.9 Å². The summed E-state index contributed by atoms with van der Waals surface area (Å²) in [5, 5.41) is 30.8. The van der Waals surface area contributed by atoms with E-state index in [9.17, 15) is 19.8 Å². The van der Waals surface area contributed by atoms with E-state index < -0.39 is 36.0 Å². The van der Waals surface area contributed by atoms with Gasteiger partial charge in [0.1, 0.15) is 11.7 Å². The fraction of sp³-hybridized carbons (Fsp3) is 0.737. The van der Waals surface area contributed by atoms with Crippen molar-refractivity contribution in [2.24, 2.45) is 11.8 Å². The topological polar surface area (TPSA) is 130 Å². The van der Waals surface area contributed by atoms with Gasteiger partial charge >= 0.3 is 12.1 Å². The maximum Gasteiger partial charge on any atom is 0.410 e. The minimum Gasteiger partial charge on any atom is -0.457 e. The summed E-state index contributed by atoms with van der Waals surface area (Å²) in [7, 11) is 0. The normalized spacial score (nSPS) is 31.8. The highest BCUT2D eigenvalue weighted by molar-refractivity contribution is 5.70. The Morgan fingerprint density at radius 3 is 2.51 bits per heavy atom. The molecule has 272 valence electrons. The van der Waals surface area contributed by atoms with Gasteiger partial charge in [-0.05, 0) is 69.9 Å². The second kappa shape index (κ2) is 17.3. The maximum atomic E-state index is 13.4. The first-order valence-electron chi connectivity index (χ1n) is 18.7. The zero-order valence-corrected chi connectivity index (χ0v) is 30.1. The molecule has 2 aliphatic heterocycles. The summed E-state index contributed by atoms with van der Waals surface area (Å²) in [6.45, 7) is 11.2. The number of amides is 1. The van der Waals surface area contributed by atoms with Gasteiger partial charge in [0, 0.05) is 56.8 Å². The Morgan fingerprint density at radius 1 is 1.10 bits per heavy atom. The lowest BCUT2D eigenvalue weighted by atomic mass is 9.89. The minimum atomic E-state index is -1.44. The Kier molecular flexibility index (Phi) is 13.1. The van der Waals surface area contributed by atoms with E-state index in [0.29, 0.717) is 25.0 Å². The van der Waals surface area contributed by atoms with Crippen molar-refractivity contribution in [3.8, 4) is 0 Å². The molecule has 2 aliphatic carbocycles. The number of nitrogens with zero attached hydrogens (tertiary/aromatic N) is 5. The van der Waals surface area contributed by atoms with Crippen LogP contribution in [0.4, 0.5) is 4.79 Å². The molecule has 6 atom stereocenters. The van der Waals surface area contributed by atoms with Gasteiger partial charge in [0.05, 0.1) is 18.2 Å². The number of ether oxygens (including phenoxy) is 2. The first-order valence-corrected chi connectivity index (χ1v) is 18.7. The number of piperazine rings is 1. The highest BCUT2D eigenvalue weighted by Crippen LogP contribution is 2.38. The number of aliphatic hydroxyl groups is 2. The van der Waals surface area contributed by atoms with E-state index in [0.717, 1.165) is 30.9 Å². The van der Waals surface area contributed by atoms with E-state index in [-0.39, 0.29) is 31.1 Å². The molecule has 2 saturated carbocycles. The maximum absolute atomic E-state index is 13.4. The molecule has 49 heavy (non-hydrogen) atoms. The molecule has 0 unspecified atom stereocenters. The summed E-state index contributed by atoms with van der Waals surface area (Å²) < 4.78 is 13.8. The van der Waals surface area contributed by atoms with Gasteiger partial charge in [0.15, 0.2) is 6.10 Å². The summed E-state index contributed by atoms with van der Waals surface area (Å²) in [6, 6.07) is 0.599. The van der Waals surface area contributed by atoms with Crippen LogP contribution in [0.1, 0.15) is 110 Å². The zero-order chi connectivity index (χ0) is 35.0. The fourth-order valence-electron chi connectivity index (χ4n) is 7.34. The van der Waals surface area contributed by atoms with Crippen molar-refractivity contribution in [2.45, 2.75) is 141 Å². The molecular formula is C38H59N5O6. The molecule has 1 aromatic rings. The van der Waals surface area contributed by atoms with Crippen molar-refractivity contribution in [2.75, 3.05) is 26.2 Å². The Morgan fingerprint density at radius 2 is 1.82 bits per heavy atom. The molecule has 4 aliphatic rings. The van der Waals surface area contributed by atoms with Gasteiger partial charge in [0.25, 0.3) is 0 Å². The number of aliphatic hydroxyl groups excluding tert-OH is 1. The van der Waals surface area contributed by atoms with E-state index in [1.165, 1.54) is 51.4 Å². The molecule has 1 amide bonds. The van der Waals surface area contributed by atoms with Crippen LogP contribution in [-0.4, -0.2) is 103 Å². The third-order valence-corrected chi connectivity index (χ3v) is 10.7. The molecule has 11 heteroatoms. The summed E-state index contributed by atoms with van der Waals surface area (Å²) >= 11 is 0. The molecule has 5 rings (SSSR count). The second-order valence-corrected chi connectivity index (χ2v) is 15.3. The standard InChI is InChI=1S/C38H59N5O6/c1-27(25-43-26-33(39-40-43)30-15-16-30)10-9-11-28(2)36-29(3)14-17-34(38(4,47)19-18-32(44)24-35(45)49-36)48-37(46)42-22-20-41(21-23-42)31-12-7-5-6-8-13-31/h9-11,14,17,26-27,29-32,34,36,44,47H,5-8,12-13,15-16,18-25H2,1-4H3/b10-9+,17-14+,28-11+/t27-,29+,32+,34-,36-,38+/m1/s1. The summed E-state index contributed by atoms with van der Waals surface area (Å²) in [5.41, 5.74) is 0.468. The van der Waals surface area contributed by atoms with Crippen molar-refractivity contribution in [1.29, 1.82) is 0 Å². The lowest BCUT2D eigenvalue weighted by molar-refractivity contribution is -0.151. The van der Waals surface area contributed by atoms with Gasteiger partial charge in [-0.25, -0.2) is 4.79 Å². The molecule has 1 saturated heterocycles. The Balaban J connectivity index is 1.23. The van der Waals surface area contributed by atoms with Gasteiger partial charge in [-0.1, -0.05) is 69.0 Å². The van der Waals surface area contributed by atoms with Gasteiger partial charge in [-0.2, -0.15) is 0 Å². The third-order valence-electron chi connectivity index (χ3n) is 10.7. The molecule has 11 nitrogen and oxygen atoms in total. The van der Waals surface area contributed by atoms with Crippen LogP contribution >= 0.6 is 0 Å².